The van der Waals surface area contributed by atoms with Crippen LogP contribution >= 0.6 is 0 Å². The largest absolute Gasteiger partial charge is 0.308 e. The molecule has 0 spiro atoms. The van der Waals surface area contributed by atoms with Crippen molar-refractivity contribution in [3.63, 3.8) is 0 Å². The van der Waals surface area contributed by atoms with Crippen molar-refractivity contribution >= 4 is 43.9 Å². The van der Waals surface area contributed by atoms with Gasteiger partial charge in [-0.1, -0.05) is 182 Å². The third-order valence-corrected chi connectivity index (χ3v) is 13.8. The number of benzene rings is 8. The van der Waals surface area contributed by atoms with E-state index in [-0.39, 0.29) is 0 Å². The van der Waals surface area contributed by atoms with E-state index < -0.39 is 0 Å². The molecular weight excluding hydrogens is 853 g/mol. The Morgan fingerprint density at radius 2 is 0.614 bits per heavy atom. The molecule has 0 radical (unpaired) electrons. The highest BCUT2D eigenvalue weighted by Crippen LogP contribution is 2.49. The van der Waals surface area contributed by atoms with E-state index in [9.17, 15) is 0 Å². The summed E-state index contributed by atoms with van der Waals surface area (Å²) in [6.45, 7) is 0. The summed E-state index contributed by atoms with van der Waals surface area (Å²) in [4.78, 5) is 9.96. The van der Waals surface area contributed by atoms with Crippen LogP contribution in [0.1, 0.15) is 0 Å². The summed E-state index contributed by atoms with van der Waals surface area (Å²) in [6.07, 6.45) is 8.30. The zero-order valence-corrected chi connectivity index (χ0v) is 37.9. The first-order valence-electron chi connectivity index (χ1n) is 23.7. The molecule has 14 rings (SSSR count). The van der Waals surface area contributed by atoms with E-state index in [1.54, 1.807) is 0 Å². The van der Waals surface area contributed by atoms with Crippen molar-refractivity contribution in [1.29, 1.82) is 0 Å². The first-order chi connectivity index (χ1) is 34.7. The second-order valence-corrected chi connectivity index (χ2v) is 17.9. The fourth-order valence-electron chi connectivity index (χ4n) is 10.7. The molecule has 14 aromatic rings. The third kappa shape index (κ3) is 6.35. The highest BCUT2D eigenvalue weighted by atomic mass is 15.0. The van der Waals surface area contributed by atoms with Crippen LogP contribution in [-0.2, 0) is 0 Å². The maximum Gasteiger partial charge on any atom is 0.137 e. The topological polar surface area (TPSA) is 44.5 Å². The van der Waals surface area contributed by atoms with Gasteiger partial charge in [-0.2, -0.15) is 0 Å². The van der Waals surface area contributed by atoms with E-state index in [2.05, 4.69) is 224 Å². The zero-order chi connectivity index (χ0) is 46.1. The van der Waals surface area contributed by atoms with Gasteiger partial charge < -0.3 is 17.9 Å². The van der Waals surface area contributed by atoms with Crippen LogP contribution in [0, 0.1) is 0 Å². The molecule has 6 heterocycles. The summed E-state index contributed by atoms with van der Waals surface area (Å²) >= 11 is 0. The summed E-state index contributed by atoms with van der Waals surface area (Å²) in [7, 11) is 0. The number of fused-ring (bicyclic) bond motifs is 7. The van der Waals surface area contributed by atoms with Crippen molar-refractivity contribution in [2.45, 2.75) is 0 Å². The minimum absolute atomic E-state index is 0.924. The summed E-state index contributed by atoms with van der Waals surface area (Å²) in [5.41, 5.74) is 19.6. The fourth-order valence-corrected chi connectivity index (χ4v) is 10.7. The quantitative estimate of drug-likeness (QED) is 0.153. The number of aromatic nitrogens is 6. The van der Waals surface area contributed by atoms with Gasteiger partial charge in [0.2, 0.25) is 0 Å². The molecule has 0 aliphatic heterocycles. The van der Waals surface area contributed by atoms with E-state index in [0.717, 1.165) is 89.5 Å². The molecule has 8 aromatic carbocycles. The third-order valence-electron chi connectivity index (χ3n) is 13.8. The lowest BCUT2D eigenvalue weighted by Gasteiger charge is -2.16. The van der Waals surface area contributed by atoms with Crippen molar-refractivity contribution in [2.24, 2.45) is 0 Å². The summed E-state index contributed by atoms with van der Waals surface area (Å²) in [6, 6.07) is 83.0. The van der Waals surface area contributed by atoms with Crippen LogP contribution in [0.25, 0.3) is 123 Å². The first-order valence-corrected chi connectivity index (χ1v) is 23.7. The zero-order valence-electron chi connectivity index (χ0n) is 37.9. The Labute approximate surface area is 403 Å². The van der Waals surface area contributed by atoms with Gasteiger partial charge in [-0.3, -0.25) is 0 Å². The highest BCUT2D eigenvalue weighted by Gasteiger charge is 2.27. The van der Waals surface area contributed by atoms with E-state index in [1.165, 1.54) is 33.0 Å². The van der Waals surface area contributed by atoms with Crippen LogP contribution in [0.15, 0.2) is 255 Å². The van der Waals surface area contributed by atoms with Crippen LogP contribution in [0.3, 0.4) is 0 Å². The van der Waals surface area contributed by atoms with Crippen molar-refractivity contribution in [2.75, 3.05) is 0 Å². The molecule has 0 atom stereocenters. The number of hydrogen-bond acceptors (Lipinski definition) is 2. The van der Waals surface area contributed by atoms with Gasteiger partial charge in [-0.15, -0.1) is 0 Å². The number of pyridine rings is 2. The Morgan fingerprint density at radius 3 is 0.986 bits per heavy atom. The molecule has 0 fully saturated rings. The lowest BCUT2D eigenvalue weighted by molar-refractivity contribution is 1.14. The summed E-state index contributed by atoms with van der Waals surface area (Å²) in [5.74, 6) is 0. The predicted molar refractivity (Wildman–Crippen MR) is 288 cm³/mol. The monoisotopic (exact) mass is 894 g/mol. The molecule has 6 aromatic heterocycles. The Hall–Kier alpha value is -9.52. The molecular formula is C64H42N6. The molecule has 0 saturated heterocycles. The summed E-state index contributed by atoms with van der Waals surface area (Å²) in [5, 5.41) is 4.69. The second kappa shape index (κ2) is 16.1. The Bertz CT molecular complexity index is 3890. The van der Waals surface area contributed by atoms with Gasteiger partial charge in [0, 0.05) is 80.0 Å². The van der Waals surface area contributed by atoms with Crippen molar-refractivity contribution in [3.8, 4) is 78.7 Å². The predicted octanol–water partition coefficient (Wildman–Crippen LogP) is 16.0. The van der Waals surface area contributed by atoms with E-state index >= 15 is 0 Å². The SMILES string of the molecule is c1ccc(-c2c(-c3ccccc3)n(-c3ccc(-c4cn5ccccc5n4)cc3)c3c2ccc2c3ccc3c(-c4ccccc4)c(-c4ccccc4)n(-c4ccc(-c5cn6ccccc6n5)cc4)c32)cc1. The van der Waals surface area contributed by atoms with Crippen LogP contribution in [0.5, 0.6) is 0 Å². The van der Waals surface area contributed by atoms with Gasteiger partial charge in [0.25, 0.3) is 0 Å². The Balaban J connectivity index is 1.08. The Morgan fingerprint density at radius 1 is 0.271 bits per heavy atom. The normalized spacial score (nSPS) is 11.7. The van der Waals surface area contributed by atoms with Crippen LogP contribution in [-0.4, -0.2) is 27.9 Å². The minimum Gasteiger partial charge on any atom is -0.308 e. The average Bonchev–Trinajstić information content (AvgIpc) is 4.23. The molecule has 0 aliphatic rings. The van der Waals surface area contributed by atoms with E-state index in [0.29, 0.717) is 0 Å². The van der Waals surface area contributed by atoms with Gasteiger partial charge in [0.1, 0.15) is 11.3 Å². The standard InChI is InChI=1S/C64H42N6/c1-5-17-45(18-6-1)59-53-37-35-52-51(63(53)69(61(59)47-21-9-3-10-22-47)49-31-27-43(28-32-49)55-41-67-39-15-13-25-57(67)65-55)36-38-54-60(46-19-7-2-8-20-46)62(48-23-11-4-12-24-48)70(64(52)54)50-33-29-44(30-34-50)56-42-68-40-16-14-26-58(68)66-56/h1-42H. The minimum atomic E-state index is 0.924. The second-order valence-electron chi connectivity index (χ2n) is 17.9. The fraction of sp³-hybridized carbons (Fsp3) is 0. The molecule has 0 unspecified atom stereocenters. The molecule has 6 heteroatoms. The molecule has 0 saturated carbocycles. The molecule has 0 aliphatic carbocycles. The van der Waals surface area contributed by atoms with E-state index in [1.807, 2.05) is 48.8 Å². The number of nitrogens with zero attached hydrogens (tertiary/aromatic N) is 6. The molecule has 0 bridgehead atoms. The van der Waals surface area contributed by atoms with Crippen molar-refractivity contribution < 1.29 is 0 Å². The first kappa shape index (κ1) is 39.6. The van der Waals surface area contributed by atoms with Gasteiger partial charge in [-0.25, -0.2) is 9.97 Å². The molecule has 0 amide bonds. The number of hydrogen-bond donors (Lipinski definition) is 0. The maximum absolute atomic E-state index is 4.98. The highest BCUT2D eigenvalue weighted by molar-refractivity contribution is 6.24. The van der Waals surface area contributed by atoms with Crippen molar-refractivity contribution in [1.82, 2.24) is 27.9 Å². The van der Waals surface area contributed by atoms with Gasteiger partial charge >= 0.3 is 0 Å². The number of rotatable bonds is 8. The Kier molecular flexibility index (Phi) is 9.10. The smallest absolute Gasteiger partial charge is 0.137 e. The maximum atomic E-state index is 4.98. The van der Waals surface area contributed by atoms with E-state index in [4.69, 9.17) is 9.97 Å². The molecule has 70 heavy (non-hydrogen) atoms. The average molecular weight is 895 g/mol. The van der Waals surface area contributed by atoms with Gasteiger partial charge in [-0.05, 0) is 70.8 Å². The van der Waals surface area contributed by atoms with Crippen LogP contribution in [0.4, 0.5) is 0 Å². The van der Waals surface area contributed by atoms with Gasteiger partial charge in [0.15, 0.2) is 0 Å². The van der Waals surface area contributed by atoms with Crippen molar-refractivity contribution in [3.05, 3.63) is 255 Å². The molecule has 328 valence electrons. The lowest BCUT2D eigenvalue weighted by atomic mass is 9.95. The van der Waals surface area contributed by atoms with Crippen LogP contribution in [0.2, 0.25) is 0 Å². The van der Waals surface area contributed by atoms with Crippen LogP contribution < -0.4 is 0 Å². The lowest BCUT2D eigenvalue weighted by Crippen LogP contribution is -1.99. The number of imidazole rings is 2. The van der Waals surface area contributed by atoms with Gasteiger partial charge in [0.05, 0.1) is 33.8 Å². The molecule has 6 nitrogen and oxygen atoms in total. The molecule has 0 N–H and O–H groups in total. The summed E-state index contributed by atoms with van der Waals surface area (Å²) < 4.78 is 9.16.